The Hall–Kier alpha value is -2.98. The Morgan fingerprint density at radius 3 is 2.57 bits per heavy atom. The summed E-state index contributed by atoms with van der Waals surface area (Å²) in [5, 5.41) is 12.5. The number of azide groups is 1. The number of hydrogen-bond acceptors (Lipinski definition) is 6. The number of hydrogen-bond donors (Lipinski definition) is 2. The minimum atomic E-state index is -1.77. The molecule has 2 N–H and O–H groups in total. The summed E-state index contributed by atoms with van der Waals surface area (Å²) in [6.07, 6.45) is 0.439. The highest BCUT2D eigenvalue weighted by atomic mass is 32.2. The third-order valence-electron chi connectivity index (χ3n) is 4.20. The molecule has 0 fully saturated rings. The molecule has 2 aromatic rings. The number of nitrogens with one attached hydrogen (secondary N) is 1. The number of aromatic carboxylic acids is 1. The van der Waals surface area contributed by atoms with Crippen LogP contribution in [0, 0.1) is 0 Å². The summed E-state index contributed by atoms with van der Waals surface area (Å²) in [6.45, 7) is 4.32. The molecule has 0 radical (unpaired) electrons. The largest absolute Gasteiger partial charge is 0.588 e. The van der Waals surface area contributed by atoms with Crippen molar-refractivity contribution in [3.63, 3.8) is 0 Å². The van der Waals surface area contributed by atoms with Crippen molar-refractivity contribution < 1.29 is 24.0 Å². The summed E-state index contributed by atoms with van der Waals surface area (Å²) in [7, 11) is -1.77. The highest BCUT2D eigenvalue weighted by Crippen LogP contribution is 2.19. The maximum absolute atomic E-state index is 12.6. The fraction of sp³-hybridized carbons (Fsp3) is 0.263. The lowest BCUT2D eigenvalue weighted by Crippen LogP contribution is -2.31. The van der Waals surface area contributed by atoms with Crippen LogP contribution in [0.4, 0.5) is 5.69 Å². The molecule has 30 heavy (non-hydrogen) atoms. The van der Waals surface area contributed by atoms with Crippen LogP contribution in [0.1, 0.15) is 20.7 Å². The topological polar surface area (TPSA) is 147 Å². The zero-order valence-corrected chi connectivity index (χ0v) is 18.4. The Balaban J connectivity index is 1.96. The maximum atomic E-state index is 12.6. The fourth-order valence-electron chi connectivity index (χ4n) is 2.39. The Kier molecular flexibility index (Phi) is 8.31. The van der Waals surface area contributed by atoms with Crippen LogP contribution in [0.2, 0.25) is 19.1 Å². The van der Waals surface area contributed by atoms with Crippen molar-refractivity contribution in [1.82, 2.24) is 0 Å². The number of nitrogens with zero attached hydrogens (tertiary/aromatic N) is 3. The summed E-state index contributed by atoms with van der Waals surface area (Å²) in [4.78, 5) is 26.4. The Labute approximate surface area is 178 Å². The lowest BCUT2D eigenvalue weighted by Gasteiger charge is -2.19. The zero-order valence-electron chi connectivity index (χ0n) is 16.6. The van der Waals surface area contributed by atoms with Crippen molar-refractivity contribution >= 4 is 37.1 Å². The monoisotopic (exact) mass is 446 g/mol. The van der Waals surface area contributed by atoms with Gasteiger partial charge in [-0.1, -0.05) is 24.3 Å². The first-order valence-electron chi connectivity index (χ1n) is 9.02. The standard InChI is InChI=1S/C19H22N4O5SSi/c1-30(2,13-21-23-20)11-10-28-19(26)15-4-3-5-17(12-15)29(27)22-16-8-6-14(7-9-16)18(24)25/h3-9,12,22H,10-11,13H2,1-2H3,(H,24,25). The van der Waals surface area contributed by atoms with Crippen molar-refractivity contribution in [2.24, 2.45) is 5.11 Å². The maximum Gasteiger partial charge on any atom is 0.338 e. The molecule has 0 aliphatic rings. The second-order valence-corrected chi connectivity index (χ2v) is 13.6. The van der Waals surface area contributed by atoms with Gasteiger partial charge in [-0.05, 0) is 48.0 Å². The molecule has 0 aliphatic carbocycles. The molecule has 0 saturated heterocycles. The van der Waals surface area contributed by atoms with E-state index >= 15 is 0 Å². The van der Waals surface area contributed by atoms with Gasteiger partial charge >= 0.3 is 11.9 Å². The van der Waals surface area contributed by atoms with Crippen molar-refractivity contribution in [1.29, 1.82) is 0 Å². The van der Waals surface area contributed by atoms with E-state index in [4.69, 9.17) is 15.4 Å². The van der Waals surface area contributed by atoms with Crippen molar-refractivity contribution in [2.45, 2.75) is 24.0 Å². The van der Waals surface area contributed by atoms with Crippen LogP contribution in [0.3, 0.4) is 0 Å². The second-order valence-electron chi connectivity index (χ2n) is 7.22. The van der Waals surface area contributed by atoms with E-state index < -0.39 is 31.4 Å². The Morgan fingerprint density at radius 1 is 1.23 bits per heavy atom. The highest BCUT2D eigenvalue weighted by molar-refractivity contribution is 7.92. The SMILES string of the molecule is C[Si](C)(CCOC(=O)c1cccc([S+]([O-])Nc2ccc(C(=O)O)cc2)c1)CN=[N+]=[N-]. The normalized spacial score (nSPS) is 11.8. The van der Waals surface area contributed by atoms with Crippen LogP contribution >= 0.6 is 0 Å². The predicted octanol–water partition coefficient (Wildman–Crippen LogP) is 4.23. The second kappa shape index (κ2) is 10.7. The van der Waals surface area contributed by atoms with Gasteiger partial charge in [0.25, 0.3) is 0 Å². The van der Waals surface area contributed by atoms with Gasteiger partial charge in [0.05, 0.1) is 31.5 Å². The zero-order chi connectivity index (χ0) is 22.1. The van der Waals surface area contributed by atoms with Crippen LogP contribution in [0.15, 0.2) is 58.5 Å². The molecular weight excluding hydrogens is 424 g/mol. The lowest BCUT2D eigenvalue weighted by atomic mass is 10.2. The molecule has 0 bridgehead atoms. The van der Waals surface area contributed by atoms with Gasteiger partial charge in [0, 0.05) is 17.1 Å². The van der Waals surface area contributed by atoms with E-state index in [9.17, 15) is 14.1 Å². The van der Waals surface area contributed by atoms with Gasteiger partial charge in [0.15, 0.2) is 4.90 Å². The summed E-state index contributed by atoms with van der Waals surface area (Å²) < 4.78 is 20.6. The minimum Gasteiger partial charge on any atom is -0.588 e. The summed E-state index contributed by atoms with van der Waals surface area (Å²) in [5.41, 5.74) is 9.32. The molecule has 0 amide bonds. The van der Waals surface area contributed by atoms with Crippen LogP contribution in [-0.4, -0.2) is 42.4 Å². The molecule has 2 aromatic carbocycles. The first-order chi connectivity index (χ1) is 14.2. The van der Waals surface area contributed by atoms with E-state index in [1.807, 2.05) is 13.1 Å². The number of carboxylic acid groups (broad SMARTS) is 1. The molecule has 1 unspecified atom stereocenters. The molecule has 0 saturated carbocycles. The van der Waals surface area contributed by atoms with Crippen LogP contribution in [-0.2, 0) is 16.1 Å². The summed E-state index contributed by atoms with van der Waals surface area (Å²) in [6, 6.07) is 12.8. The van der Waals surface area contributed by atoms with Crippen LogP contribution in [0.5, 0.6) is 0 Å². The first-order valence-corrected chi connectivity index (χ1v) is 13.6. The molecule has 9 nitrogen and oxygen atoms in total. The Bertz CT molecular complexity index is 948. The average molecular weight is 447 g/mol. The van der Waals surface area contributed by atoms with Crippen LogP contribution < -0.4 is 4.72 Å². The summed E-state index contributed by atoms with van der Waals surface area (Å²) in [5.74, 6) is -1.56. The predicted molar refractivity (Wildman–Crippen MR) is 116 cm³/mol. The molecule has 1 atom stereocenters. The number of carboxylic acids is 1. The summed E-state index contributed by atoms with van der Waals surface area (Å²) >= 11 is -1.65. The van der Waals surface area contributed by atoms with Gasteiger partial charge in [-0.3, -0.25) is 0 Å². The number of carbonyl (C=O) groups is 2. The fourth-order valence-corrected chi connectivity index (χ4v) is 4.55. The third-order valence-corrected chi connectivity index (χ3v) is 7.86. The van der Waals surface area contributed by atoms with Gasteiger partial charge in [-0.25, -0.2) is 14.3 Å². The van der Waals surface area contributed by atoms with Crippen molar-refractivity contribution in [2.75, 3.05) is 17.5 Å². The molecule has 0 aliphatic heterocycles. The van der Waals surface area contributed by atoms with E-state index in [-0.39, 0.29) is 17.7 Å². The first kappa shape index (κ1) is 23.3. The van der Waals surface area contributed by atoms with Crippen molar-refractivity contribution in [3.05, 3.63) is 70.1 Å². The molecule has 2 rings (SSSR count). The number of carbonyl (C=O) groups excluding carboxylic acids is 1. The molecule has 0 aromatic heterocycles. The molecule has 158 valence electrons. The van der Waals surface area contributed by atoms with Gasteiger partial charge in [-0.15, -0.1) is 0 Å². The smallest absolute Gasteiger partial charge is 0.338 e. The van der Waals surface area contributed by atoms with Gasteiger partial charge < -0.3 is 14.4 Å². The Morgan fingerprint density at radius 2 is 1.93 bits per heavy atom. The van der Waals surface area contributed by atoms with E-state index in [0.29, 0.717) is 22.8 Å². The highest BCUT2D eigenvalue weighted by Gasteiger charge is 2.21. The van der Waals surface area contributed by atoms with E-state index in [1.54, 1.807) is 18.2 Å². The molecule has 11 heteroatoms. The average Bonchev–Trinajstić information content (AvgIpc) is 2.72. The van der Waals surface area contributed by atoms with Gasteiger partial charge in [-0.2, -0.15) is 0 Å². The van der Waals surface area contributed by atoms with E-state index in [0.717, 1.165) is 0 Å². The van der Waals surface area contributed by atoms with Gasteiger partial charge in [0.1, 0.15) is 11.4 Å². The number of anilines is 1. The molecule has 0 heterocycles. The molecular formula is C19H22N4O5SSi. The number of ether oxygens (including phenoxy) is 1. The van der Waals surface area contributed by atoms with E-state index in [1.165, 1.54) is 30.3 Å². The number of rotatable bonds is 10. The lowest BCUT2D eigenvalue weighted by molar-refractivity contribution is 0.0524. The number of benzene rings is 2. The van der Waals surface area contributed by atoms with Crippen LogP contribution in [0.25, 0.3) is 10.4 Å². The third kappa shape index (κ3) is 7.12. The van der Waals surface area contributed by atoms with Crippen molar-refractivity contribution in [3.8, 4) is 0 Å². The molecule has 0 spiro atoms. The minimum absolute atomic E-state index is 0.127. The van der Waals surface area contributed by atoms with E-state index in [2.05, 4.69) is 14.7 Å². The van der Waals surface area contributed by atoms with Gasteiger partial charge in [0.2, 0.25) is 0 Å². The number of esters is 1. The quantitative estimate of drug-likeness (QED) is 0.139.